The lowest BCUT2D eigenvalue weighted by Gasteiger charge is -2.02. The van der Waals surface area contributed by atoms with Crippen LogP contribution in [0.1, 0.15) is 5.69 Å². The number of thiazole rings is 1. The fraction of sp³-hybridized carbons (Fsp3) is 0.0667. The fourth-order valence-corrected chi connectivity index (χ4v) is 2.42. The smallest absolute Gasteiger partial charge is 0.279 e. The molecule has 0 amide bonds. The monoisotopic (exact) mass is 301 g/mol. The van der Waals surface area contributed by atoms with Crippen LogP contribution in [-0.2, 0) is 0 Å². The zero-order valence-corrected chi connectivity index (χ0v) is 12.0. The average Bonchev–Trinajstić information content (AvgIpc) is 2.92. The highest BCUT2D eigenvalue weighted by Crippen LogP contribution is 2.30. The van der Waals surface area contributed by atoms with Crippen LogP contribution >= 0.6 is 11.3 Å². The Balaban J connectivity index is 1.81. The maximum Gasteiger partial charge on any atom is 0.279 e. The maximum absolute atomic E-state index is 13.4. The van der Waals surface area contributed by atoms with E-state index in [0.29, 0.717) is 10.9 Å². The second-order valence-corrected chi connectivity index (χ2v) is 5.29. The van der Waals surface area contributed by atoms with Crippen molar-refractivity contribution in [2.24, 2.45) is 0 Å². The molecular formula is C15H12FN3OS. The number of halogens is 1. The zero-order valence-electron chi connectivity index (χ0n) is 11.2. The van der Waals surface area contributed by atoms with E-state index in [1.165, 1.54) is 23.5 Å². The number of nitrogens with zero attached hydrogens (tertiary/aromatic N) is 2. The first-order chi connectivity index (χ1) is 10.1. The Morgan fingerprint density at radius 3 is 2.81 bits per heavy atom. The number of nitrogen functional groups attached to an aromatic ring is 1. The summed E-state index contributed by atoms with van der Waals surface area (Å²) in [4.78, 5) is 8.59. The number of benzene rings is 1. The van der Waals surface area contributed by atoms with E-state index >= 15 is 0 Å². The molecule has 0 aliphatic heterocycles. The molecule has 1 aromatic carbocycles. The molecule has 3 rings (SSSR count). The van der Waals surface area contributed by atoms with Gasteiger partial charge in [-0.2, -0.15) is 0 Å². The van der Waals surface area contributed by atoms with Crippen molar-refractivity contribution in [3.8, 4) is 22.2 Å². The lowest BCUT2D eigenvalue weighted by atomic mass is 10.2. The van der Waals surface area contributed by atoms with E-state index in [2.05, 4.69) is 9.97 Å². The van der Waals surface area contributed by atoms with Gasteiger partial charge in [0.1, 0.15) is 11.6 Å². The van der Waals surface area contributed by atoms with E-state index < -0.39 is 5.82 Å². The van der Waals surface area contributed by atoms with E-state index in [1.807, 2.05) is 24.4 Å². The highest BCUT2D eigenvalue weighted by atomic mass is 32.1. The number of nitrogens with two attached hydrogens (primary N) is 1. The molecule has 0 aliphatic rings. The molecule has 0 aliphatic carbocycles. The standard InChI is InChI=1S/C15H12FN3OS/c1-9-2-3-10(7-18-9)14-8-21-15(19-14)20-11-4-5-13(17)12(16)6-11/h2-8H,17H2,1H3. The normalized spacial score (nSPS) is 10.6. The van der Waals surface area contributed by atoms with Crippen molar-refractivity contribution in [3.63, 3.8) is 0 Å². The molecular weight excluding hydrogens is 289 g/mol. The molecule has 0 bridgehead atoms. The highest BCUT2D eigenvalue weighted by Gasteiger charge is 2.08. The lowest BCUT2D eigenvalue weighted by molar-refractivity contribution is 0.474. The summed E-state index contributed by atoms with van der Waals surface area (Å²) in [5.41, 5.74) is 8.15. The first kappa shape index (κ1) is 13.5. The molecule has 4 nitrogen and oxygen atoms in total. The van der Waals surface area contributed by atoms with Crippen molar-refractivity contribution >= 4 is 17.0 Å². The number of aryl methyl sites for hydroxylation is 1. The van der Waals surface area contributed by atoms with Gasteiger partial charge < -0.3 is 10.5 Å². The van der Waals surface area contributed by atoms with Crippen LogP contribution in [0.3, 0.4) is 0 Å². The summed E-state index contributed by atoms with van der Waals surface area (Å²) in [6, 6.07) is 8.18. The van der Waals surface area contributed by atoms with Crippen LogP contribution in [0.2, 0.25) is 0 Å². The molecule has 0 fully saturated rings. The highest BCUT2D eigenvalue weighted by molar-refractivity contribution is 7.11. The van der Waals surface area contributed by atoms with E-state index in [-0.39, 0.29) is 5.69 Å². The van der Waals surface area contributed by atoms with E-state index in [4.69, 9.17) is 10.5 Å². The molecule has 106 valence electrons. The number of anilines is 1. The Bertz CT molecular complexity index is 771. The van der Waals surface area contributed by atoms with Crippen LogP contribution in [0.25, 0.3) is 11.3 Å². The van der Waals surface area contributed by atoms with Crippen LogP contribution < -0.4 is 10.5 Å². The predicted octanol–water partition coefficient (Wildman–Crippen LogP) is 4.03. The molecule has 6 heteroatoms. The fourth-order valence-electron chi connectivity index (χ4n) is 1.73. The summed E-state index contributed by atoms with van der Waals surface area (Å²) in [5, 5.41) is 2.31. The lowest BCUT2D eigenvalue weighted by Crippen LogP contribution is -1.91. The third kappa shape index (κ3) is 3.00. The molecule has 2 heterocycles. The average molecular weight is 301 g/mol. The molecule has 0 radical (unpaired) electrons. The largest absolute Gasteiger partial charge is 0.431 e. The van der Waals surface area contributed by atoms with Gasteiger partial charge in [0.25, 0.3) is 5.19 Å². The summed E-state index contributed by atoms with van der Waals surface area (Å²) in [6.07, 6.45) is 1.76. The molecule has 2 aromatic heterocycles. The summed E-state index contributed by atoms with van der Waals surface area (Å²) < 4.78 is 18.9. The van der Waals surface area contributed by atoms with Crippen molar-refractivity contribution in [2.45, 2.75) is 6.92 Å². The van der Waals surface area contributed by atoms with Gasteiger partial charge in [0.15, 0.2) is 0 Å². The number of hydrogen-bond donors (Lipinski definition) is 1. The number of hydrogen-bond acceptors (Lipinski definition) is 5. The molecule has 0 saturated carbocycles. The Morgan fingerprint density at radius 1 is 1.24 bits per heavy atom. The first-order valence-electron chi connectivity index (χ1n) is 6.23. The van der Waals surface area contributed by atoms with E-state index in [1.54, 1.807) is 12.3 Å². The Morgan fingerprint density at radius 2 is 2.10 bits per heavy atom. The maximum atomic E-state index is 13.4. The SMILES string of the molecule is Cc1ccc(-c2csc(Oc3ccc(N)c(F)c3)n2)cn1. The van der Waals surface area contributed by atoms with E-state index in [9.17, 15) is 4.39 Å². The van der Waals surface area contributed by atoms with Crippen molar-refractivity contribution < 1.29 is 9.13 Å². The van der Waals surface area contributed by atoms with Crippen molar-refractivity contribution in [3.05, 3.63) is 53.4 Å². The topological polar surface area (TPSA) is 61.0 Å². The van der Waals surface area contributed by atoms with Gasteiger partial charge in [-0.15, -0.1) is 0 Å². The van der Waals surface area contributed by atoms with E-state index in [0.717, 1.165) is 17.0 Å². The van der Waals surface area contributed by atoms with Gasteiger partial charge in [0.2, 0.25) is 0 Å². The quantitative estimate of drug-likeness (QED) is 0.742. The van der Waals surface area contributed by atoms with Crippen LogP contribution in [0, 0.1) is 12.7 Å². The number of rotatable bonds is 3. The van der Waals surface area contributed by atoms with Gasteiger partial charge in [0, 0.05) is 28.9 Å². The molecule has 0 spiro atoms. The minimum Gasteiger partial charge on any atom is -0.431 e. The molecule has 0 atom stereocenters. The Labute approximate surface area is 125 Å². The number of ether oxygens (including phenoxy) is 1. The molecule has 2 N–H and O–H groups in total. The van der Waals surface area contributed by atoms with Gasteiger partial charge in [-0.3, -0.25) is 4.98 Å². The summed E-state index contributed by atoms with van der Waals surface area (Å²) >= 11 is 1.34. The van der Waals surface area contributed by atoms with Crippen LogP contribution in [-0.4, -0.2) is 9.97 Å². The molecule has 21 heavy (non-hydrogen) atoms. The van der Waals surface area contributed by atoms with Crippen molar-refractivity contribution in [1.29, 1.82) is 0 Å². The zero-order chi connectivity index (χ0) is 14.8. The van der Waals surface area contributed by atoms with Crippen molar-refractivity contribution in [1.82, 2.24) is 9.97 Å². The predicted molar refractivity (Wildman–Crippen MR) is 81.0 cm³/mol. The van der Waals surface area contributed by atoms with Crippen molar-refractivity contribution in [2.75, 3.05) is 5.73 Å². The van der Waals surface area contributed by atoms with Gasteiger partial charge in [-0.1, -0.05) is 11.3 Å². The molecule has 0 saturated heterocycles. The first-order valence-corrected chi connectivity index (χ1v) is 7.11. The van der Waals surface area contributed by atoms with Gasteiger partial charge >= 0.3 is 0 Å². The second kappa shape index (κ2) is 5.49. The van der Waals surface area contributed by atoms with Crippen LogP contribution in [0.4, 0.5) is 10.1 Å². The third-order valence-electron chi connectivity index (χ3n) is 2.87. The summed E-state index contributed by atoms with van der Waals surface area (Å²) in [5.74, 6) is -0.142. The Kier molecular flexibility index (Phi) is 3.53. The van der Waals surface area contributed by atoms with Gasteiger partial charge in [-0.05, 0) is 31.2 Å². The van der Waals surface area contributed by atoms with Gasteiger partial charge in [-0.25, -0.2) is 9.37 Å². The Hall–Kier alpha value is -2.47. The second-order valence-electron chi connectivity index (χ2n) is 4.47. The van der Waals surface area contributed by atoms with Crippen LogP contribution in [0.5, 0.6) is 10.9 Å². The molecule has 3 aromatic rings. The molecule has 0 unspecified atom stereocenters. The summed E-state index contributed by atoms with van der Waals surface area (Å²) in [7, 11) is 0. The number of aromatic nitrogens is 2. The van der Waals surface area contributed by atoms with Gasteiger partial charge in [0.05, 0.1) is 11.4 Å². The third-order valence-corrected chi connectivity index (χ3v) is 3.58. The minimum atomic E-state index is -0.507. The summed E-state index contributed by atoms with van der Waals surface area (Å²) in [6.45, 7) is 1.93. The minimum absolute atomic E-state index is 0.0907. The number of pyridine rings is 1. The van der Waals surface area contributed by atoms with Crippen LogP contribution in [0.15, 0.2) is 41.9 Å².